The van der Waals surface area contributed by atoms with Gasteiger partial charge in [0.1, 0.15) is 23.5 Å². The van der Waals surface area contributed by atoms with E-state index < -0.39 is 0 Å². The highest BCUT2D eigenvalue weighted by molar-refractivity contribution is 5.84. The van der Waals surface area contributed by atoms with Crippen LogP contribution in [-0.2, 0) is 0 Å². The summed E-state index contributed by atoms with van der Waals surface area (Å²) in [6.45, 7) is 2.23. The third-order valence-electron chi connectivity index (χ3n) is 6.07. The minimum atomic E-state index is -0.262. The van der Waals surface area contributed by atoms with Gasteiger partial charge in [-0.1, -0.05) is 0 Å². The number of H-pyrrole nitrogens is 1. The second kappa shape index (κ2) is 6.60. The molecule has 5 nitrogen and oxygen atoms in total. The van der Waals surface area contributed by atoms with Gasteiger partial charge in [0, 0.05) is 36.1 Å². The first kappa shape index (κ1) is 16.7. The predicted octanol–water partition coefficient (Wildman–Crippen LogP) is 4.23. The minimum absolute atomic E-state index is 0.149. The molecule has 0 radical (unpaired) electrons. The van der Waals surface area contributed by atoms with Crippen LogP contribution < -0.4 is 4.74 Å². The van der Waals surface area contributed by atoms with Crippen LogP contribution in [0.25, 0.3) is 10.9 Å². The molecule has 2 fully saturated rings. The summed E-state index contributed by atoms with van der Waals surface area (Å²) >= 11 is 0. The van der Waals surface area contributed by atoms with Crippen molar-refractivity contribution in [2.24, 2.45) is 0 Å². The van der Waals surface area contributed by atoms with Crippen molar-refractivity contribution >= 4 is 10.9 Å². The number of rotatable bonds is 4. The molecule has 3 unspecified atom stereocenters. The van der Waals surface area contributed by atoms with Crippen molar-refractivity contribution in [3.63, 3.8) is 0 Å². The van der Waals surface area contributed by atoms with Gasteiger partial charge in [-0.05, 0) is 56.9 Å². The standard InChI is InChI=1S/C21H23FN4O/c1-13(21-24-8-9-25-21)26-15-3-4-16(26)12-17(11-15)27-20-6-7-23-19-5-2-14(22)10-18(19)20/h2,5-10,13,15-17H,3-4,11-12H2,1H3,(H,24,25). The Morgan fingerprint density at radius 1 is 1.15 bits per heavy atom. The van der Waals surface area contributed by atoms with Crippen LogP contribution in [0, 0.1) is 5.82 Å². The molecule has 140 valence electrons. The predicted molar refractivity (Wildman–Crippen MR) is 101 cm³/mol. The molecule has 3 aromatic rings. The van der Waals surface area contributed by atoms with Crippen molar-refractivity contribution in [1.82, 2.24) is 19.9 Å². The Bertz CT molecular complexity index is 931. The first-order chi connectivity index (χ1) is 13.2. The van der Waals surface area contributed by atoms with Gasteiger partial charge in [-0.25, -0.2) is 9.37 Å². The van der Waals surface area contributed by atoms with Gasteiger partial charge < -0.3 is 9.72 Å². The Hall–Kier alpha value is -2.47. The Morgan fingerprint density at radius 2 is 1.96 bits per heavy atom. The van der Waals surface area contributed by atoms with E-state index in [4.69, 9.17) is 4.74 Å². The van der Waals surface area contributed by atoms with Gasteiger partial charge in [-0.3, -0.25) is 9.88 Å². The zero-order valence-electron chi connectivity index (χ0n) is 15.3. The van der Waals surface area contributed by atoms with Crippen LogP contribution in [0.2, 0.25) is 0 Å². The molecule has 0 spiro atoms. The van der Waals surface area contributed by atoms with Crippen LogP contribution >= 0.6 is 0 Å². The van der Waals surface area contributed by atoms with E-state index in [2.05, 4.69) is 26.8 Å². The zero-order valence-corrected chi connectivity index (χ0v) is 15.3. The van der Waals surface area contributed by atoms with Crippen LogP contribution in [0.4, 0.5) is 4.39 Å². The number of pyridine rings is 1. The maximum absolute atomic E-state index is 13.7. The molecule has 27 heavy (non-hydrogen) atoms. The molecular weight excluding hydrogens is 343 g/mol. The smallest absolute Gasteiger partial charge is 0.130 e. The molecule has 1 N–H and O–H groups in total. The molecule has 6 heteroatoms. The summed E-state index contributed by atoms with van der Waals surface area (Å²) in [5.74, 6) is 1.50. The fraction of sp³-hybridized carbons (Fsp3) is 0.429. The molecule has 0 aliphatic carbocycles. The van der Waals surface area contributed by atoms with E-state index in [0.29, 0.717) is 12.1 Å². The number of hydrogen-bond donors (Lipinski definition) is 1. The number of nitrogens with one attached hydrogen (secondary N) is 1. The topological polar surface area (TPSA) is 54.0 Å². The molecule has 0 saturated carbocycles. The summed E-state index contributed by atoms with van der Waals surface area (Å²) in [6.07, 6.45) is 9.95. The van der Waals surface area contributed by atoms with Crippen molar-refractivity contribution < 1.29 is 9.13 Å². The SMILES string of the molecule is CC(c1ncc[nH]1)N1C2CCC1CC(Oc1ccnc3ccc(F)cc13)C2. The number of fused-ring (bicyclic) bond motifs is 3. The largest absolute Gasteiger partial charge is 0.490 e. The molecular formula is C21H23FN4O. The van der Waals surface area contributed by atoms with Crippen LogP contribution in [0.5, 0.6) is 5.75 Å². The number of aromatic nitrogens is 3. The quantitative estimate of drug-likeness (QED) is 0.751. The van der Waals surface area contributed by atoms with Gasteiger partial charge in [-0.15, -0.1) is 0 Å². The number of aromatic amines is 1. The number of hydrogen-bond acceptors (Lipinski definition) is 4. The van der Waals surface area contributed by atoms with Gasteiger partial charge >= 0.3 is 0 Å². The lowest BCUT2D eigenvalue weighted by Crippen LogP contribution is -2.47. The van der Waals surface area contributed by atoms with Crippen molar-refractivity contribution in [3.05, 3.63) is 54.5 Å². The van der Waals surface area contributed by atoms with Crippen molar-refractivity contribution in [3.8, 4) is 5.75 Å². The molecule has 1 aromatic carbocycles. The van der Waals surface area contributed by atoms with Crippen molar-refractivity contribution in [2.75, 3.05) is 0 Å². The van der Waals surface area contributed by atoms with Gasteiger partial charge in [0.2, 0.25) is 0 Å². The number of benzene rings is 1. The van der Waals surface area contributed by atoms with Gasteiger partial charge in [0.15, 0.2) is 0 Å². The Kier molecular flexibility index (Phi) is 4.08. The van der Waals surface area contributed by atoms with E-state index in [1.54, 1.807) is 12.3 Å². The molecule has 2 aliphatic rings. The molecule has 5 rings (SSSR count). The molecule has 4 heterocycles. The van der Waals surface area contributed by atoms with Crippen LogP contribution in [0.1, 0.15) is 44.5 Å². The second-order valence-corrected chi connectivity index (χ2v) is 7.66. The molecule has 2 aromatic heterocycles. The number of piperidine rings is 1. The summed E-state index contributed by atoms with van der Waals surface area (Å²) in [4.78, 5) is 14.6. The summed E-state index contributed by atoms with van der Waals surface area (Å²) in [6, 6.07) is 7.79. The summed E-state index contributed by atoms with van der Waals surface area (Å²) in [7, 11) is 0. The average molecular weight is 366 g/mol. The summed E-state index contributed by atoms with van der Waals surface area (Å²) in [5.41, 5.74) is 0.765. The van der Waals surface area contributed by atoms with Crippen LogP contribution in [0.3, 0.4) is 0 Å². The van der Waals surface area contributed by atoms with E-state index in [0.717, 1.165) is 35.3 Å². The second-order valence-electron chi connectivity index (χ2n) is 7.66. The normalized spacial score (nSPS) is 26.4. The Labute approximate surface area is 157 Å². The Balaban J connectivity index is 1.36. The zero-order chi connectivity index (χ0) is 18.4. The number of imidazole rings is 1. The summed E-state index contributed by atoms with van der Waals surface area (Å²) in [5, 5.41) is 0.747. The molecule has 2 bridgehead atoms. The van der Waals surface area contributed by atoms with E-state index in [1.165, 1.54) is 25.0 Å². The maximum Gasteiger partial charge on any atom is 0.130 e. The molecule has 3 atom stereocenters. The van der Waals surface area contributed by atoms with Gasteiger partial charge in [0.25, 0.3) is 0 Å². The Morgan fingerprint density at radius 3 is 2.70 bits per heavy atom. The van der Waals surface area contributed by atoms with E-state index in [1.807, 2.05) is 18.5 Å². The van der Waals surface area contributed by atoms with Crippen molar-refractivity contribution in [2.45, 2.75) is 56.8 Å². The lowest BCUT2D eigenvalue weighted by Gasteiger charge is -2.41. The third-order valence-corrected chi connectivity index (χ3v) is 6.07. The van der Waals surface area contributed by atoms with Gasteiger partial charge in [-0.2, -0.15) is 0 Å². The van der Waals surface area contributed by atoms with Crippen molar-refractivity contribution in [1.29, 1.82) is 0 Å². The fourth-order valence-corrected chi connectivity index (χ4v) is 4.91. The number of ether oxygens (including phenoxy) is 1. The third kappa shape index (κ3) is 2.98. The average Bonchev–Trinajstić information content (AvgIpc) is 3.29. The molecule has 2 aliphatic heterocycles. The lowest BCUT2D eigenvalue weighted by molar-refractivity contribution is 0.0240. The summed E-state index contributed by atoms with van der Waals surface area (Å²) < 4.78 is 20.1. The van der Waals surface area contributed by atoms with Crippen LogP contribution in [-0.4, -0.2) is 38.0 Å². The highest BCUT2D eigenvalue weighted by Crippen LogP contribution is 2.42. The lowest BCUT2D eigenvalue weighted by atomic mass is 9.97. The first-order valence-electron chi connectivity index (χ1n) is 9.66. The minimum Gasteiger partial charge on any atom is -0.490 e. The number of nitrogens with zero attached hydrogens (tertiary/aromatic N) is 3. The van der Waals surface area contributed by atoms with Crippen LogP contribution in [0.15, 0.2) is 42.9 Å². The van der Waals surface area contributed by atoms with Gasteiger partial charge in [0.05, 0.1) is 11.6 Å². The number of halogens is 1. The molecule has 2 saturated heterocycles. The maximum atomic E-state index is 13.7. The monoisotopic (exact) mass is 366 g/mol. The highest BCUT2D eigenvalue weighted by atomic mass is 19.1. The highest BCUT2D eigenvalue weighted by Gasteiger charge is 2.44. The van der Waals surface area contributed by atoms with E-state index in [-0.39, 0.29) is 18.0 Å². The van der Waals surface area contributed by atoms with E-state index in [9.17, 15) is 4.39 Å². The fourth-order valence-electron chi connectivity index (χ4n) is 4.91. The first-order valence-corrected chi connectivity index (χ1v) is 9.66. The van der Waals surface area contributed by atoms with E-state index >= 15 is 0 Å². The molecule has 0 amide bonds.